The van der Waals surface area contributed by atoms with Crippen molar-refractivity contribution in [1.29, 1.82) is 0 Å². The van der Waals surface area contributed by atoms with Gasteiger partial charge in [0.05, 0.1) is 29.8 Å². The monoisotopic (exact) mass is 502 g/mol. The minimum absolute atomic E-state index is 0.150. The Hall–Kier alpha value is -1.46. The second-order valence-corrected chi connectivity index (χ2v) is 12.2. The van der Waals surface area contributed by atoms with E-state index in [1.165, 1.54) is 22.4 Å². The predicted molar refractivity (Wildman–Crippen MR) is 122 cm³/mol. The standard InChI is InChI=1S/C24H33F3N2O4S/c1-23(2)18-7-6-17(22(23)13-18)15-33-16-20(30)14-28-8-10-29(11-9-28)34(31,32)21-5-3-4-19(12-21)24(25,26)27/h3-6,12,18,20,22,30H,7-11,13-16H2,1-2H3/t18-,20-,22+/m0/s1. The highest BCUT2D eigenvalue weighted by Crippen LogP contribution is 2.59. The summed E-state index contributed by atoms with van der Waals surface area (Å²) in [6.07, 6.45) is -0.706. The van der Waals surface area contributed by atoms with Gasteiger partial charge in [-0.3, -0.25) is 4.90 Å². The van der Waals surface area contributed by atoms with Crippen LogP contribution in [-0.4, -0.2) is 74.8 Å². The van der Waals surface area contributed by atoms with Gasteiger partial charge in [-0.15, -0.1) is 0 Å². The average molecular weight is 503 g/mol. The number of hydrogen-bond acceptors (Lipinski definition) is 5. The van der Waals surface area contributed by atoms with Crippen LogP contribution in [0.3, 0.4) is 0 Å². The molecule has 0 amide bonds. The van der Waals surface area contributed by atoms with Gasteiger partial charge in [-0.05, 0) is 53.9 Å². The van der Waals surface area contributed by atoms with E-state index in [0.717, 1.165) is 24.5 Å². The summed E-state index contributed by atoms with van der Waals surface area (Å²) < 4.78 is 71.6. The Morgan fingerprint density at radius 1 is 1.21 bits per heavy atom. The van der Waals surface area contributed by atoms with E-state index in [0.29, 0.717) is 43.6 Å². The Balaban J connectivity index is 1.23. The van der Waals surface area contributed by atoms with Gasteiger partial charge in [0.2, 0.25) is 10.0 Å². The van der Waals surface area contributed by atoms with E-state index in [1.54, 1.807) is 0 Å². The Kier molecular flexibility index (Phi) is 7.19. The van der Waals surface area contributed by atoms with Crippen LogP contribution in [0.5, 0.6) is 0 Å². The van der Waals surface area contributed by atoms with Gasteiger partial charge in [-0.2, -0.15) is 17.5 Å². The van der Waals surface area contributed by atoms with Crippen LogP contribution in [0.4, 0.5) is 13.2 Å². The van der Waals surface area contributed by atoms with Crippen LogP contribution in [0.1, 0.15) is 32.3 Å². The smallest absolute Gasteiger partial charge is 0.389 e. The number of benzene rings is 1. The van der Waals surface area contributed by atoms with E-state index in [4.69, 9.17) is 4.74 Å². The Morgan fingerprint density at radius 2 is 1.91 bits per heavy atom. The Labute approximate surface area is 199 Å². The van der Waals surface area contributed by atoms with E-state index >= 15 is 0 Å². The van der Waals surface area contributed by atoms with Crippen LogP contribution >= 0.6 is 0 Å². The fraction of sp³-hybridized carbons (Fsp3) is 0.667. The zero-order chi connectivity index (χ0) is 24.7. The number of fused-ring (bicyclic) bond motifs is 1. The van der Waals surface area contributed by atoms with E-state index < -0.39 is 27.9 Å². The Morgan fingerprint density at radius 3 is 2.53 bits per heavy atom. The van der Waals surface area contributed by atoms with Gasteiger partial charge in [-0.25, -0.2) is 8.42 Å². The largest absolute Gasteiger partial charge is 0.416 e. The topological polar surface area (TPSA) is 70.1 Å². The van der Waals surface area contributed by atoms with Gasteiger partial charge in [0, 0.05) is 32.7 Å². The van der Waals surface area contributed by atoms with Crippen molar-refractivity contribution < 1.29 is 31.4 Å². The fourth-order valence-corrected chi connectivity index (χ4v) is 6.91. The summed E-state index contributed by atoms with van der Waals surface area (Å²) in [7, 11) is -4.02. The minimum Gasteiger partial charge on any atom is -0.389 e. The minimum atomic E-state index is -4.60. The highest BCUT2D eigenvalue weighted by molar-refractivity contribution is 7.89. The predicted octanol–water partition coefficient (Wildman–Crippen LogP) is 3.38. The van der Waals surface area contributed by atoms with Crippen molar-refractivity contribution in [3.05, 3.63) is 41.5 Å². The zero-order valence-electron chi connectivity index (χ0n) is 19.6. The number of ether oxygens (including phenoxy) is 1. The SMILES string of the molecule is CC1(C)[C@H]2CC=C(COC[C@@H](O)CN3CCN(S(=O)(=O)c4cccc(C(F)(F)F)c4)CC3)[C@H]1C2. The maximum atomic E-state index is 13.0. The van der Waals surface area contributed by atoms with Crippen molar-refractivity contribution in [3.63, 3.8) is 0 Å². The molecule has 10 heteroatoms. The molecule has 1 saturated heterocycles. The number of aliphatic hydroxyl groups excluding tert-OH is 1. The number of hydrogen-bond donors (Lipinski definition) is 1. The molecule has 2 fully saturated rings. The van der Waals surface area contributed by atoms with Crippen molar-refractivity contribution in [1.82, 2.24) is 9.21 Å². The molecule has 3 atom stereocenters. The highest BCUT2D eigenvalue weighted by Gasteiger charge is 2.51. The van der Waals surface area contributed by atoms with Gasteiger partial charge >= 0.3 is 6.18 Å². The third kappa shape index (κ3) is 5.21. The summed E-state index contributed by atoms with van der Waals surface area (Å²) in [5.41, 5.74) is 0.674. The molecule has 1 saturated carbocycles. The Bertz CT molecular complexity index is 1020. The van der Waals surface area contributed by atoms with E-state index in [9.17, 15) is 26.7 Å². The molecule has 1 heterocycles. The molecular weight excluding hydrogens is 469 g/mol. The summed E-state index contributed by atoms with van der Waals surface area (Å²) >= 11 is 0. The van der Waals surface area contributed by atoms with Crippen molar-refractivity contribution in [2.24, 2.45) is 17.3 Å². The lowest BCUT2D eigenvalue weighted by Crippen LogP contribution is -2.50. The van der Waals surface area contributed by atoms with Crippen LogP contribution in [-0.2, 0) is 20.9 Å². The lowest BCUT2D eigenvalue weighted by Gasteiger charge is -2.56. The van der Waals surface area contributed by atoms with Gasteiger partial charge in [0.1, 0.15) is 0 Å². The zero-order valence-corrected chi connectivity index (χ0v) is 20.4. The second-order valence-electron chi connectivity index (χ2n) is 10.2. The summed E-state index contributed by atoms with van der Waals surface area (Å²) in [6, 6.07) is 3.82. The van der Waals surface area contributed by atoms with Crippen LogP contribution in [0, 0.1) is 17.3 Å². The summed E-state index contributed by atoms with van der Waals surface area (Å²) in [6.45, 7) is 6.77. The maximum Gasteiger partial charge on any atom is 0.416 e. The van der Waals surface area contributed by atoms with Crippen LogP contribution in [0.2, 0.25) is 0 Å². The highest BCUT2D eigenvalue weighted by atomic mass is 32.2. The van der Waals surface area contributed by atoms with Crippen molar-refractivity contribution >= 4 is 10.0 Å². The molecule has 0 unspecified atom stereocenters. The van der Waals surface area contributed by atoms with Gasteiger partial charge in [0.25, 0.3) is 0 Å². The molecule has 0 aromatic heterocycles. The molecule has 1 aromatic rings. The fourth-order valence-electron chi connectivity index (χ4n) is 5.44. The van der Waals surface area contributed by atoms with Crippen molar-refractivity contribution in [2.75, 3.05) is 45.9 Å². The number of sulfonamides is 1. The van der Waals surface area contributed by atoms with E-state index in [2.05, 4.69) is 19.9 Å². The summed E-state index contributed by atoms with van der Waals surface area (Å²) in [5.74, 6) is 1.33. The molecule has 4 aliphatic rings. The first-order valence-corrected chi connectivity index (χ1v) is 13.2. The second kappa shape index (κ2) is 9.54. The molecule has 190 valence electrons. The molecule has 3 aliphatic carbocycles. The van der Waals surface area contributed by atoms with Gasteiger partial charge in [0.15, 0.2) is 0 Å². The van der Waals surface area contributed by atoms with E-state index in [-0.39, 0.29) is 24.6 Å². The molecule has 34 heavy (non-hydrogen) atoms. The molecule has 1 N–H and O–H groups in total. The number of alkyl halides is 3. The molecule has 0 spiro atoms. The lowest BCUT2D eigenvalue weighted by molar-refractivity contribution is -0.137. The quantitative estimate of drug-likeness (QED) is 0.552. The third-order valence-electron chi connectivity index (χ3n) is 7.76. The van der Waals surface area contributed by atoms with Crippen molar-refractivity contribution in [3.8, 4) is 0 Å². The molecule has 1 aromatic carbocycles. The van der Waals surface area contributed by atoms with Crippen LogP contribution in [0.25, 0.3) is 0 Å². The first kappa shape index (κ1) is 25.6. The molecule has 2 bridgehead atoms. The molecular formula is C24H33F3N2O4S. The van der Waals surface area contributed by atoms with Crippen LogP contribution in [0.15, 0.2) is 40.8 Å². The molecule has 1 aliphatic heterocycles. The van der Waals surface area contributed by atoms with Gasteiger partial charge < -0.3 is 9.84 Å². The first-order chi connectivity index (χ1) is 15.9. The van der Waals surface area contributed by atoms with Gasteiger partial charge in [-0.1, -0.05) is 26.0 Å². The molecule has 6 nitrogen and oxygen atoms in total. The molecule has 5 rings (SSSR count). The lowest BCUT2D eigenvalue weighted by atomic mass is 9.49. The van der Waals surface area contributed by atoms with Crippen LogP contribution < -0.4 is 0 Å². The maximum absolute atomic E-state index is 13.0. The normalized spacial score (nSPS) is 26.6. The van der Waals surface area contributed by atoms with Crippen molar-refractivity contribution in [2.45, 2.75) is 43.9 Å². The number of piperazine rings is 1. The number of nitrogens with zero attached hydrogens (tertiary/aromatic N) is 2. The molecule has 0 radical (unpaired) electrons. The number of rotatable bonds is 8. The third-order valence-corrected chi connectivity index (χ3v) is 9.66. The number of aliphatic hydroxyl groups is 1. The summed E-state index contributed by atoms with van der Waals surface area (Å²) in [5, 5.41) is 10.4. The number of β-amino-alcohol motifs (C(OH)–C–C–N with tert-alkyl or cyclic N) is 1. The number of halogens is 3. The van der Waals surface area contributed by atoms with E-state index in [1.807, 2.05) is 4.90 Å². The first-order valence-electron chi connectivity index (χ1n) is 11.7. The average Bonchev–Trinajstić information content (AvgIpc) is 2.79. The number of allylic oxidation sites excluding steroid dienone is 1. The summed E-state index contributed by atoms with van der Waals surface area (Å²) in [4.78, 5) is 1.59.